The lowest BCUT2D eigenvalue weighted by molar-refractivity contribution is 0.309. The lowest BCUT2D eigenvalue weighted by atomic mass is 9.80. The van der Waals surface area contributed by atoms with E-state index in [4.69, 9.17) is 17.3 Å². The summed E-state index contributed by atoms with van der Waals surface area (Å²) in [6, 6.07) is 6.50. The van der Waals surface area contributed by atoms with Gasteiger partial charge in [-0.1, -0.05) is 37.6 Å². The van der Waals surface area contributed by atoms with Crippen molar-refractivity contribution in [2.24, 2.45) is 11.1 Å². The molecule has 0 bridgehead atoms. The topological polar surface area (TPSA) is 26.0 Å². The molecule has 1 aromatic rings. The number of hydrogen-bond acceptors (Lipinski definition) is 1. The maximum atomic E-state index is 6.24. The molecule has 1 aromatic carbocycles. The van der Waals surface area contributed by atoms with Crippen molar-refractivity contribution in [1.82, 2.24) is 0 Å². The molecule has 2 N–H and O–H groups in total. The highest BCUT2D eigenvalue weighted by Gasteiger charge is 2.21. The van der Waals surface area contributed by atoms with Crippen LogP contribution in [0.25, 0.3) is 0 Å². The minimum absolute atomic E-state index is 0.201. The highest BCUT2D eigenvalue weighted by molar-refractivity contribution is 6.31. The third-order valence-electron chi connectivity index (χ3n) is 2.75. The van der Waals surface area contributed by atoms with Crippen molar-refractivity contribution in [2.45, 2.75) is 46.6 Å². The van der Waals surface area contributed by atoms with E-state index in [-0.39, 0.29) is 11.5 Å². The van der Waals surface area contributed by atoms with E-state index in [1.807, 2.05) is 6.07 Å². The van der Waals surface area contributed by atoms with Crippen LogP contribution in [0.3, 0.4) is 0 Å². The maximum absolute atomic E-state index is 6.24. The Morgan fingerprint density at radius 1 is 1.38 bits per heavy atom. The Hall–Kier alpha value is -0.530. The smallest absolute Gasteiger partial charge is 0.0440 e. The summed E-state index contributed by atoms with van der Waals surface area (Å²) in [5.41, 5.74) is 8.49. The summed E-state index contributed by atoms with van der Waals surface area (Å²) in [4.78, 5) is 0. The minimum Gasteiger partial charge on any atom is -0.328 e. The summed E-state index contributed by atoms with van der Waals surface area (Å²) in [7, 11) is 0. The van der Waals surface area contributed by atoms with Crippen LogP contribution in [0, 0.1) is 12.3 Å². The van der Waals surface area contributed by atoms with Crippen LogP contribution in [0.4, 0.5) is 0 Å². The highest BCUT2D eigenvalue weighted by Crippen LogP contribution is 2.30. The van der Waals surface area contributed by atoms with Crippen LogP contribution in [0.2, 0.25) is 5.02 Å². The van der Waals surface area contributed by atoms with E-state index in [1.54, 1.807) is 0 Å². The first kappa shape index (κ1) is 13.5. The largest absolute Gasteiger partial charge is 0.328 e. The predicted octanol–water partition coefficient (Wildman–Crippen LogP) is 3.95. The van der Waals surface area contributed by atoms with E-state index < -0.39 is 0 Å². The molecule has 0 spiro atoms. The summed E-state index contributed by atoms with van der Waals surface area (Å²) in [5.74, 6) is 0. The Morgan fingerprint density at radius 2 is 2.00 bits per heavy atom. The number of hydrogen-bond donors (Lipinski definition) is 1. The zero-order chi connectivity index (χ0) is 12.3. The lowest BCUT2D eigenvalue weighted by Crippen LogP contribution is -2.26. The van der Waals surface area contributed by atoms with Crippen molar-refractivity contribution in [3.8, 4) is 0 Å². The first-order chi connectivity index (χ1) is 7.30. The molecule has 0 saturated carbocycles. The maximum Gasteiger partial charge on any atom is 0.0440 e. The van der Waals surface area contributed by atoms with Gasteiger partial charge in [0.05, 0.1) is 0 Å². The normalized spacial score (nSPS) is 13.9. The molecule has 0 fully saturated rings. The highest BCUT2D eigenvalue weighted by atomic mass is 35.5. The van der Waals surface area contributed by atoms with Gasteiger partial charge < -0.3 is 5.73 Å². The molecule has 0 aliphatic heterocycles. The van der Waals surface area contributed by atoms with Gasteiger partial charge in [0.2, 0.25) is 0 Å². The number of nitrogens with two attached hydrogens (primary N) is 1. The predicted molar refractivity (Wildman–Crippen MR) is 71.9 cm³/mol. The Morgan fingerprint density at radius 3 is 2.50 bits per heavy atom. The average Bonchev–Trinajstić information content (AvgIpc) is 2.07. The summed E-state index contributed by atoms with van der Waals surface area (Å²) in [6.45, 7) is 8.60. The van der Waals surface area contributed by atoms with Crippen LogP contribution >= 0.6 is 11.6 Å². The molecule has 90 valence electrons. The molecule has 0 saturated heterocycles. The SMILES string of the molecule is Cc1ccc(CC(C)(C)CC(C)N)c(Cl)c1. The summed E-state index contributed by atoms with van der Waals surface area (Å²) < 4.78 is 0. The van der Waals surface area contributed by atoms with Crippen molar-refractivity contribution >= 4 is 11.6 Å². The molecule has 0 amide bonds. The van der Waals surface area contributed by atoms with Crippen molar-refractivity contribution in [2.75, 3.05) is 0 Å². The van der Waals surface area contributed by atoms with Gasteiger partial charge in [0.15, 0.2) is 0 Å². The summed E-state index contributed by atoms with van der Waals surface area (Å²) in [5, 5.41) is 0.873. The molecule has 0 heterocycles. The molecule has 0 aliphatic rings. The molecule has 1 nitrogen and oxygen atoms in total. The van der Waals surface area contributed by atoms with Crippen molar-refractivity contribution in [3.63, 3.8) is 0 Å². The van der Waals surface area contributed by atoms with Crippen LogP contribution in [0.15, 0.2) is 18.2 Å². The standard InChI is InChI=1S/C14H22ClN/c1-10-5-6-12(13(15)7-10)9-14(3,4)8-11(2)16/h5-7,11H,8-9,16H2,1-4H3. The van der Waals surface area contributed by atoms with E-state index >= 15 is 0 Å². The molecular weight excluding hydrogens is 218 g/mol. The zero-order valence-corrected chi connectivity index (χ0v) is 11.4. The molecule has 16 heavy (non-hydrogen) atoms. The van der Waals surface area contributed by atoms with E-state index in [2.05, 4.69) is 39.8 Å². The molecule has 0 aliphatic carbocycles. The lowest BCUT2D eigenvalue weighted by Gasteiger charge is -2.27. The van der Waals surface area contributed by atoms with E-state index in [9.17, 15) is 0 Å². The number of benzene rings is 1. The second-order valence-corrected chi connectivity index (χ2v) is 6.02. The number of halogens is 1. The fraction of sp³-hybridized carbons (Fsp3) is 0.571. The summed E-state index contributed by atoms with van der Waals surface area (Å²) in [6.07, 6.45) is 1.99. The minimum atomic E-state index is 0.201. The quantitative estimate of drug-likeness (QED) is 0.846. The molecule has 0 radical (unpaired) electrons. The van der Waals surface area contributed by atoms with Gasteiger partial charge in [-0.3, -0.25) is 0 Å². The third kappa shape index (κ3) is 4.15. The van der Waals surface area contributed by atoms with Gasteiger partial charge in [-0.15, -0.1) is 0 Å². The van der Waals surface area contributed by atoms with Crippen molar-refractivity contribution in [3.05, 3.63) is 34.3 Å². The van der Waals surface area contributed by atoms with Crippen LogP contribution in [0.5, 0.6) is 0 Å². The molecule has 1 atom stereocenters. The van der Waals surface area contributed by atoms with E-state index in [0.29, 0.717) is 0 Å². The molecule has 1 unspecified atom stereocenters. The third-order valence-corrected chi connectivity index (χ3v) is 3.10. The number of rotatable bonds is 4. The van der Waals surface area contributed by atoms with Gasteiger partial charge in [0.1, 0.15) is 0 Å². The van der Waals surface area contributed by atoms with Crippen LogP contribution in [0.1, 0.15) is 38.3 Å². The molecular formula is C14H22ClN. The van der Waals surface area contributed by atoms with Crippen LogP contribution < -0.4 is 5.73 Å². The second kappa shape index (κ2) is 5.20. The fourth-order valence-electron chi connectivity index (χ4n) is 2.26. The Balaban J connectivity index is 2.79. The van der Waals surface area contributed by atoms with Crippen molar-refractivity contribution in [1.29, 1.82) is 0 Å². The molecule has 2 heteroatoms. The first-order valence-electron chi connectivity index (χ1n) is 5.81. The van der Waals surface area contributed by atoms with Gasteiger partial charge in [-0.2, -0.15) is 0 Å². The number of aryl methyl sites for hydroxylation is 1. The molecule has 0 aromatic heterocycles. The van der Waals surface area contributed by atoms with Gasteiger partial charge in [0, 0.05) is 11.1 Å². The Kier molecular flexibility index (Phi) is 4.40. The zero-order valence-electron chi connectivity index (χ0n) is 10.7. The van der Waals surface area contributed by atoms with Gasteiger partial charge in [0.25, 0.3) is 0 Å². The fourth-order valence-corrected chi connectivity index (χ4v) is 2.56. The second-order valence-electron chi connectivity index (χ2n) is 5.62. The first-order valence-corrected chi connectivity index (χ1v) is 6.18. The average molecular weight is 240 g/mol. The van der Waals surface area contributed by atoms with E-state index in [1.165, 1.54) is 11.1 Å². The van der Waals surface area contributed by atoms with Gasteiger partial charge >= 0.3 is 0 Å². The Bertz CT molecular complexity index is 356. The van der Waals surface area contributed by atoms with E-state index in [0.717, 1.165) is 17.9 Å². The molecule has 1 rings (SSSR count). The van der Waals surface area contributed by atoms with Crippen molar-refractivity contribution < 1.29 is 0 Å². The van der Waals surface area contributed by atoms with Crippen LogP contribution in [-0.2, 0) is 6.42 Å². The van der Waals surface area contributed by atoms with Gasteiger partial charge in [-0.25, -0.2) is 0 Å². The summed E-state index contributed by atoms with van der Waals surface area (Å²) >= 11 is 6.24. The van der Waals surface area contributed by atoms with Crippen LogP contribution in [-0.4, -0.2) is 6.04 Å². The Labute approximate surface area is 104 Å². The monoisotopic (exact) mass is 239 g/mol. The van der Waals surface area contributed by atoms with Gasteiger partial charge in [-0.05, 0) is 49.3 Å².